The summed E-state index contributed by atoms with van der Waals surface area (Å²) in [5, 5.41) is 5.56. The molecule has 0 aliphatic heterocycles. The summed E-state index contributed by atoms with van der Waals surface area (Å²) in [6.07, 6.45) is 0. The molecule has 0 aromatic heterocycles. The molecule has 6 nitrogen and oxygen atoms in total. The minimum atomic E-state index is -0.780. The number of hydrogen-bond donors (Lipinski definition) is 3. The number of hydrogen-bond acceptors (Lipinski definition) is 4. The van der Waals surface area contributed by atoms with Gasteiger partial charge >= 0.3 is 0 Å². The predicted octanol–water partition coefficient (Wildman–Crippen LogP) is 1.49. The summed E-state index contributed by atoms with van der Waals surface area (Å²) in [6, 6.07) is 5.89. The van der Waals surface area contributed by atoms with Crippen LogP contribution < -0.4 is 16.4 Å². The molecular weight excluding hydrogens is 358 g/mol. The highest BCUT2D eigenvalue weighted by Gasteiger charge is 2.18. The molecule has 1 atom stereocenters. The van der Waals surface area contributed by atoms with Gasteiger partial charge in [0, 0.05) is 16.8 Å². The first-order valence-electron chi connectivity index (χ1n) is 6.16. The minimum Gasteiger partial charge on any atom is -0.368 e. The molecule has 4 N–H and O–H groups in total. The Kier molecular flexibility index (Phi) is 7.24. The Hall–Kier alpha value is -1.54. The Bertz CT molecular complexity index is 539. The topological polar surface area (TPSA) is 101 Å². The Balaban J connectivity index is 2.81. The SMILES string of the molecule is CC(NC(=O)c1ccccc1SC(=O)NCCBr)C(N)=O. The molecule has 1 aromatic carbocycles. The number of benzene rings is 1. The minimum absolute atomic E-state index is 0.252. The highest BCUT2D eigenvalue weighted by Crippen LogP contribution is 2.23. The van der Waals surface area contributed by atoms with Gasteiger partial charge in [0.05, 0.1) is 5.56 Å². The maximum absolute atomic E-state index is 12.1. The second-order valence-corrected chi connectivity index (χ2v) is 5.91. The zero-order valence-corrected chi connectivity index (χ0v) is 13.8. The lowest BCUT2D eigenvalue weighted by Crippen LogP contribution is -2.42. The molecule has 0 radical (unpaired) electrons. The van der Waals surface area contributed by atoms with Crippen LogP contribution >= 0.6 is 27.7 Å². The molecule has 1 unspecified atom stereocenters. The quantitative estimate of drug-likeness (QED) is 0.519. The molecule has 0 spiro atoms. The number of carbonyl (C=O) groups is 3. The zero-order chi connectivity index (χ0) is 15.8. The smallest absolute Gasteiger partial charge is 0.283 e. The lowest BCUT2D eigenvalue weighted by molar-refractivity contribution is -0.119. The van der Waals surface area contributed by atoms with Crippen LogP contribution in [-0.4, -0.2) is 35.0 Å². The van der Waals surface area contributed by atoms with Crippen LogP contribution in [0.1, 0.15) is 17.3 Å². The van der Waals surface area contributed by atoms with E-state index in [1.807, 2.05) is 0 Å². The standard InChI is InChI=1S/C13H16BrN3O3S/c1-8(11(15)18)17-12(19)9-4-2-3-5-10(9)21-13(20)16-7-6-14/h2-5,8H,6-7H2,1H3,(H2,15,18)(H,16,20)(H,17,19). The van der Waals surface area contributed by atoms with Crippen molar-refractivity contribution < 1.29 is 14.4 Å². The summed E-state index contributed by atoms with van der Waals surface area (Å²) in [5.74, 6) is -1.07. The van der Waals surface area contributed by atoms with Crippen LogP contribution in [0.25, 0.3) is 0 Å². The summed E-state index contributed by atoms with van der Waals surface area (Å²) in [6.45, 7) is 2.00. The number of nitrogens with one attached hydrogen (secondary N) is 2. The van der Waals surface area contributed by atoms with E-state index in [1.165, 1.54) is 6.92 Å². The third kappa shape index (κ3) is 5.76. The predicted molar refractivity (Wildman–Crippen MR) is 85.6 cm³/mol. The Morgan fingerprint density at radius 1 is 1.33 bits per heavy atom. The van der Waals surface area contributed by atoms with Gasteiger partial charge in [-0.25, -0.2) is 0 Å². The van der Waals surface area contributed by atoms with Crippen LogP contribution in [0.4, 0.5) is 4.79 Å². The number of carbonyl (C=O) groups excluding carboxylic acids is 3. The van der Waals surface area contributed by atoms with Crippen LogP contribution in [-0.2, 0) is 4.79 Å². The Morgan fingerprint density at radius 2 is 2.00 bits per heavy atom. The molecule has 114 valence electrons. The molecule has 8 heteroatoms. The van der Waals surface area contributed by atoms with Gasteiger partial charge in [0.25, 0.3) is 11.1 Å². The van der Waals surface area contributed by atoms with Gasteiger partial charge in [-0.15, -0.1) is 0 Å². The van der Waals surface area contributed by atoms with Crippen LogP contribution in [0.5, 0.6) is 0 Å². The number of primary amides is 1. The monoisotopic (exact) mass is 373 g/mol. The van der Waals surface area contributed by atoms with E-state index in [2.05, 4.69) is 26.6 Å². The number of rotatable bonds is 6. The number of halogens is 1. The van der Waals surface area contributed by atoms with Gasteiger partial charge < -0.3 is 16.4 Å². The van der Waals surface area contributed by atoms with Crippen LogP contribution in [0.15, 0.2) is 29.2 Å². The summed E-state index contributed by atoms with van der Waals surface area (Å²) in [7, 11) is 0. The zero-order valence-electron chi connectivity index (χ0n) is 11.4. The fraction of sp³-hybridized carbons (Fsp3) is 0.308. The van der Waals surface area contributed by atoms with Crippen LogP contribution in [0.2, 0.25) is 0 Å². The van der Waals surface area contributed by atoms with Crippen molar-refractivity contribution in [3.63, 3.8) is 0 Å². The molecule has 0 aliphatic rings. The molecule has 0 saturated carbocycles. The van der Waals surface area contributed by atoms with Crippen molar-refractivity contribution in [2.75, 3.05) is 11.9 Å². The maximum Gasteiger partial charge on any atom is 0.283 e. The number of alkyl halides is 1. The molecule has 0 bridgehead atoms. The van der Waals surface area contributed by atoms with E-state index in [-0.39, 0.29) is 5.24 Å². The van der Waals surface area contributed by atoms with Crippen molar-refractivity contribution in [3.05, 3.63) is 29.8 Å². The van der Waals surface area contributed by atoms with Crippen molar-refractivity contribution in [1.82, 2.24) is 10.6 Å². The summed E-state index contributed by atoms with van der Waals surface area (Å²) >= 11 is 4.14. The molecule has 0 saturated heterocycles. The fourth-order valence-electron chi connectivity index (χ4n) is 1.37. The van der Waals surface area contributed by atoms with Gasteiger partial charge in [-0.05, 0) is 30.8 Å². The second-order valence-electron chi connectivity index (χ2n) is 4.10. The van der Waals surface area contributed by atoms with E-state index in [4.69, 9.17) is 5.73 Å². The lowest BCUT2D eigenvalue weighted by Gasteiger charge is -2.12. The van der Waals surface area contributed by atoms with Crippen LogP contribution in [0.3, 0.4) is 0 Å². The van der Waals surface area contributed by atoms with Crippen molar-refractivity contribution in [2.24, 2.45) is 5.73 Å². The first-order valence-corrected chi connectivity index (χ1v) is 8.10. The highest BCUT2D eigenvalue weighted by molar-refractivity contribution is 9.09. The Morgan fingerprint density at radius 3 is 2.62 bits per heavy atom. The van der Waals surface area contributed by atoms with Crippen LogP contribution in [0, 0.1) is 0 Å². The van der Waals surface area contributed by atoms with Gasteiger partial charge in [0.1, 0.15) is 6.04 Å². The third-order valence-electron chi connectivity index (χ3n) is 2.47. The highest BCUT2D eigenvalue weighted by atomic mass is 79.9. The van der Waals surface area contributed by atoms with E-state index >= 15 is 0 Å². The lowest BCUT2D eigenvalue weighted by atomic mass is 10.2. The molecule has 1 rings (SSSR count). The van der Waals surface area contributed by atoms with Gasteiger partial charge in [-0.3, -0.25) is 14.4 Å². The average molecular weight is 374 g/mol. The molecule has 0 fully saturated rings. The van der Waals surface area contributed by atoms with Crippen molar-refractivity contribution in [2.45, 2.75) is 17.9 Å². The van der Waals surface area contributed by atoms with Gasteiger partial charge in [-0.2, -0.15) is 0 Å². The number of amides is 3. The molecule has 1 aromatic rings. The molecule has 21 heavy (non-hydrogen) atoms. The summed E-state index contributed by atoms with van der Waals surface area (Å²) in [5.41, 5.74) is 5.43. The van der Waals surface area contributed by atoms with Gasteiger partial charge in [0.2, 0.25) is 5.91 Å². The van der Waals surface area contributed by atoms with E-state index in [0.717, 1.165) is 11.8 Å². The Labute approximate surface area is 135 Å². The fourth-order valence-corrected chi connectivity index (χ4v) is 2.36. The van der Waals surface area contributed by atoms with E-state index in [9.17, 15) is 14.4 Å². The summed E-state index contributed by atoms with van der Waals surface area (Å²) in [4.78, 5) is 35.3. The van der Waals surface area contributed by atoms with E-state index in [1.54, 1.807) is 24.3 Å². The third-order valence-corrected chi connectivity index (χ3v) is 3.77. The van der Waals surface area contributed by atoms with E-state index in [0.29, 0.717) is 22.3 Å². The largest absolute Gasteiger partial charge is 0.368 e. The van der Waals surface area contributed by atoms with Gasteiger partial charge in [-0.1, -0.05) is 28.1 Å². The van der Waals surface area contributed by atoms with Crippen molar-refractivity contribution in [1.29, 1.82) is 0 Å². The molecule has 0 heterocycles. The molecular formula is C13H16BrN3O3S. The first-order chi connectivity index (χ1) is 9.95. The molecule has 3 amide bonds. The number of nitrogens with two attached hydrogens (primary N) is 1. The van der Waals surface area contributed by atoms with Gasteiger partial charge in [0.15, 0.2) is 0 Å². The summed E-state index contributed by atoms with van der Waals surface area (Å²) < 4.78 is 0. The normalized spacial score (nSPS) is 11.5. The number of thioether (sulfide) groups is 1. The van der Waals surface area contributed by atoms with E-state index < -0.39 is 17.9 Å². The van der Waals surface area contributed by atoms with Crippen molar-refractivity contribution in [3.8, 4) is 0 Å². The second kappa shape index (κ2) is 8.68. The first kappa shape index (κ1) is 17.5. The average Bonchev–Trinajstić information content (AvgIpc) is 2.45. The molecule has 0 aliphatic carbocycles. The van der Waals surface area contributed by atoms with Crippen molar-refractivity contribution >= 4 is 44.7 Å². The maximum atomic E-state index is 12.1.